The number of nitrogens with zero attached hydrogens (tertiary/aromatic N) is 2. The Balaban J connectivity index is 1.61. The van der Waals surface area contributed by atoms with Crippen molar-refractivity contribution in [1.82, 2.24) is 10.1 Å². The van der Waals surface area contributed by atoms with Crippen LogP contribution in [0, 0.1) is 0 Å². The Hall–Kier alpha value is -1.88. The Morgan fingerprint density at radius 2 is 2.28 bits per heavy atom. The second-order valence-corrected chi connectivity index (χ2v) is 4.41. The molecule has 0 aliphatic heterocycles. The zero-order valence-electron chi connectivity index (χ0n) is 9.87. The number of aromatic nitrogens is 2. The van der Waals surface area contributed by atoms with Crippen LogP contribution in [0.15, 0.2) is 28.8 Å². The lowest BCUT2D eigenvalue weighted by atomic mass is 10.2. The molecular formula is C13H14N2O3. The summed E-state index contributed by atoms with van der Waals surface area (Å²) in [7, 11) is 0. The molecule has 1 saturated carbocycles. The average molecular weight is 246 g/mol. The first-order valence-electron chi connectivity index (χ1n) is 6.00. The molecule has 1 aromatic carbocycles. The summed E-state index contributed by atoms with van der Waals surface area (Å²) in [6.45, 7) is 0.262. The lowest BCUT2D eigenvalue weighted by Crippen LogP contribution is -1.96. The van der Waals surface area contributed by atoms with Gasteiger partial charge >= 0.3 is 0 Å². The van der Waals surface area contributed by atoms with E-state index in [9.17, 15) is 0 Å². The topological polar surface area (TPSA) is 68.4 Å². The van der Waals surface area contributed by atoms with Crippen LogP contribution >= 0.6 is 0 Å². The Morgan fingerprint density at radius 1 is 1.39 bits per heavy atom. The van der Waals surface area contributed by atoms with Crippen LogP contribution in [0.25, 0.3) is 0 Å². The van der Waals surface area contributed by atoms with Crippen LogP contribution in [0.2, 0.25) is 0 Å². The number of hydrogen-bond donors (Lipinski definition) is 1. The van der Waals surface area contributed by atoms with Crippen molar-refractivity contribution < 1.29 is 14.4 Å². The van der Waals surface area contributed by atoms with Gasteiger partial charge in [-0.1, -0.05) is 17.3 Å². The summed E-state index contributed by atoms with van der Waals surface area (Å²) in [6.07, 6.45) is 2.30. The van der Waals surface area contributed by atoms with E-state index in [1.807, 2.05) is 18.2 Å². The monoisotopic (exact) mass is 246 g/mol. The van der Waals surface area contributed by atoms with Gasteiger partial charge in [0.05, 0.1) is 6.61 Å². The van der Waals surface area contributed by atoms with Crippen LogP contribution in [0.4, 0.5) is 0 Å². The van der Waals surface area contributed by atoms with Crippen molar-refractivity contribution in [2.45, 2.75) is 32.0 Å². The summed E-state index contributed by atoms with van der Waals surface area (Å²) in [5.74, 6) is 2.46. The molecule has 1 N–H and O–H groups in total. The van der Waals surface area contributed by atoms with Crippen molar-refractivity contribution in [3.63, 3.8) is 0 Å². The second kappa shape index (κ2) is 4.78. The fourth-order valence-electron chi connectivity index (χ4n) is 1.71. The maximum absolute atomic E-state index is 9.02. The molecule has 3 rings (SSSR count). The number of ether oxygens (including phenoxy) is 1. The first kappa shape index (κ1) is 11.2. The quantitative estimate of drug-likeness (QED) is 0.874. The van der Waals surface area contributed by atoms with Gasteiger partial charge in [0.1, 0.15) is 5.75 Å². The molecule has 5 nitrogen and oxygen atoms in total. The molecule has 0 amide bonds. The molecule has 1 heterocycles. The molecule has 1 aliphatic rings. The molecule has 5 heteroatoms. The molecule has 2 aromatic rings. The molecular weight excluding hydrogens is 232 g/mol. The van der Waals surface area contributed by atoms with Crippen molar-refractivity contribution >= 4 is 0 Å². The summed E-state index contributed by atoms with van der Waals surface area (Å²) in [5.41, 5.74) is 0.816. The minimum absolute atomic E-state index is 0.00356. The maximum atomic E-state index is 9.02. The smallest absolute Gasteiger partial charge is 0.264 e. The molecule has 1 aliphatic carbocycles. The summed E-state index contributed by atoms with van der Waals surface area (Å²) in [5, 5.41) is 12.9. The van der Waals surface area contributed by atoms with Gasteiger partial charge in [0, 0.05) is 5.92 Å². The van der Waals surface area contributed by atoms with Crippen LogP contribution in [0.1, 0.15) is 36.0 Å². The van der Waals surface area contributed by atoms with E-state index in [1.165, 1.54) is 0 Å². The van der Waals surface area contributed by atoms with Gasteiger partial charge in [0.15, 0.2) is 12.4 Å². The Morgan fingerprint density at radius 3 is 3.06 bits per heavy atom. The van der Waals surface area contributed by atoms with Crippen molar-refractivity contribution in [2.24, 2.45) is 0 Å². The predicted molar refractivity (Wildman–Crippen MR) is 63.0 cm³/mol. The summed E-state index contributed by atoms with van der Waals surface area (Å²) >= 11 is 0. The minimum atomic E-state index is 0.00356. The molecule has 1 aromatic heterocycles. The van der Waals surface area contributed by atoms with Gasteiger partial charge in [-0.05, 0) is 30.5 Å². The third-order valence-corrected chi connectivity index (χ3v) is 2.87. The molecule has 0 spiro atoms. The lowest BCUT2D eigenvalue weighted by Gasteiger charge is -2.04. The third-order valence-electron chi connectivity index (χ3n) is 2.87. The van der Waals surface area contributed by atoms with Gasteiger partial charge in [-0.15, -0.1) is 0 Å². The van der Waals surface area contributed by atoms with E-state index in [-0.39, 0.29) is 13.2 Å². The zero-order chi connectivity index (χ0) is 12.4. The van der Waals surface area contributed by atoms with Gasteiger partial charge < -0.3 is 14.4 Å². The van der Waals surface area contributed by atoms with Gasteiger partial charge in [-0.25, -0.2) is 0 Å². The van der Waals surface area contributed by atoms with E-state index in [0.29, 0.717) is 17.6 Å². The third kappa shape index (κ3) is 2.51. The van der Waals surface area contributed by atoms with Crippen LogP contribution in [-0.2, 0) is 13.2 Å². The van der Waals surface area contributed by atoms with E-state index in [2.05, 4.69) is 10.1 Å². The van der Waals surface area contributed by atoms with Crippen LogP contribution in [-0.4, -0.2) is 15.2 Å². The standard InChI is InChI=1S/C13H14N2O3/c16-7-9-2-1-3-11(6-9)17-8-12-14-13(15-18-12)10-4-5-10/h1-3,6,10,16H,4-5,7-8H2. The predicted octanol–water partition coefficient (Wildman–Crippen LogP) is 2.02. The summed E-state index contributed by atoms with van der Waals surface area (Å²) in [4.78, 5) is 4.28. The van der Waals surface area contributed by atoms with E-state index < -0.39 is 0 Å². The van der Waals surface area contributed by atoms with Crippen molar-refractivity contribution in [3.05, 3.63) is 41.5 Å². The van der Waals surface area contributed by atoms with Crippen LogP contribution in [0.3, 0.4) is 0 Å². The Labute approximate surface area is 104 Å². The normalized spacial score (nSPS) is 14.7. The van der Waals surface area contributed by atoms with Gasteiger partial charge in [0.2, 0.25) is 0 Å². The largest absolute Gasteiger partial charge is 0.484 e. The molecule has 0 radical (unpaired) electrons. The fraction of sp³-hybridized carbons (Fsp3) is 0.385. The highest BCUT2D eigenvalue weighted by atomic mass is 16.5. The second-order valence-electron chi connectivity index (χ2n) is 4.41. The van der Waals surface area contributed by atoms with Crippen molar-refractivity contribution in [2.75, 3.05) is 0 Å². The van der Waals surface area contributed by atoms with Gasteiger partial charge in [-0.3, -0.25) is 0 Å². The Kier molecular flexibility index (Phi) is 2.98. The molecule has 94 valence electrons. The fourth-order valence-corrected chi connectivity index (χ4v) is 1.71. The number of rotatable bonds is 5. The van der Waals surface area contributed by atoms with E-state index in [4.69, 9.17) is 14.4 Å². The average Bonchev–Trinajstić information content (AvgIpc) is 3.16. The number of hydrogen-bond acceptors (Lipinski definition) is 5. The summed E-state index contributed by atoms with van der Waals surface area (Å²) in [6, 6.07) is 7.30. The Bertz CT molecular complexity index is 535. The molecule has 0 unspecified atom stereocenters. The van der Waals surface area contributed by atoms with Crippen LogP contribution < -0.4 is 4.74 Å². The molecule has 18 heavy (non-hydrogen) atoms. The number of aliphatic hydroxyl groups is 1. The first-order valence-corrected chi connectivity index (χ1v) is 6.00. The molecule has 1 fully saturated rings. The SMILES string of the molecule is OCc1cccc(OCc2nc(C3CC3)no2)c1. The van der Waals surface area contributed by atoms with Crippen LogP contribution in [0.5, 0.6) is 5.75 Å². The van der Waals surface area contributed by atoms with E-state index in [0.717, 1.165) is 24.2 Å². The van der Waals surface area contributed by atoms with Gasteiger partial charge in [-0.2, -0.15) is 4.98 Å². The number of aliphatic hydroxyl groups excluding tert-OH is 1. The first-order chi connectivity index (χ1) is 8.85. The molecule has 0 atom stereocenters. The molecule has 0 bridgehead atoms. The van der Waals surface area contributed by atoms with Crippen molar-refractivity contribution in [3.8, 4) is 5.75 Å². The highest BCUT2D eigenvalue weighted by Crippen LogP contribution is 2.38. The zero-order valence-corrected chi connectivity index (χ0v) is 9.87. The highest BCUT2D eigenvalue weighted by molar-refractivity contribution is 5.28. The van der Waals surface area contributed by atoms with Gasteiger partial charge in [0.25, 0.3) is 5.89 Å². The van der Waals surface area contributed by atoms with E-state index >= 15 is 0 Å². The molecule has 0 saturated heterocycles. The highest BCUT2D eigenvalue weighted by Gasteiger charge is 2.28. The lowest BCUT2D eigenvalue weighted by molar-refractivity contribution is 0.241. The van der Waals surface area contributed by atoms with E-state index in [1.54, 1.807) is 6.07 Å². The minimum Gasteiger partial charge on any atom is -0.484 e. The van der Waals surface area contributed by atoms with Crippen molar-refractivity contribution in [1.29, 1.82) is 0 Å². The summed E-state index contributed by atoms with van der Waals surface area (Å²) < 4.78 is 10.6. The maximum Gasteiger partial charge on any atom is 0.264 e. The number of benzene rings is 1.